The lowest BCUT2D eigenvalue weighted by molar-refractivity contribution is -0.113. The fourth-order valence-corrected chi connectivity index (χ4v) is 4.39. The van der Waals surface area contributed by atoms with E-state index >= 15 is 0 Å². The smallest absolute Gasteiger partial charge is 0.255 e. The first-order chi connectivity index (χ1) is 15.0. The number of amides is 1. The van der Waals surface area contributed by atoms with Gasteiger partial charge in [0.2, 0.25) is 5.95 Å². The number of benzene rings is 3. The van der Waals surface area contributed by atoms with Gasteiger partial charge in [-0.2, -0.15) is 0 Å². The summed E-state index contributed by atoms with van der Waals surface area (Å²) in [5.74, 6) is 0.517. The number of carbonyl (C=O) groups excluding carboxylic acids is 1. The molecule has 2 heterocycles. The van der Waals surface area contributed by atoms with Crippen molar-refractivity contribution in [1.29, 1.82) is 0 Å². The van der Waals surface area contributed by atoms with Crippen molar-refractivity contribution in [2.45, 2.75) is 19.9 Å². The Hall–Kier alpha value is -3.57. The third-order valence-corrected chi connectivity index (χ3v) is 6.01. The van der Waals surface area contributed by atoms with Gasteiger partial charge in [0, 0.05) is 16.4 Å². The van der Waals surface area contributed by atoms with Crippen molar-refractivity contribution < 1.29 is 4.79 Å². The minimum absolute atomic E-state index is 0.173. The van der Waals surface area contributed by atoms with Crippen molar-refractivity contribution in [2.24, 2.45) is 0 Å². The van der Waals surface area contributed by atoms with E-state index < -0.39 is 6.04 Å². The molecule has 5 nitrogen and oxygen atoms in total. The van der Waals surface area contributed by atoms with Crippen molar-refractivity contribution in [3.63, 3.8) is 0 Å². The van der Waals surface area contributed by atoms with E-state index in [1.165, 1.54) is 0 Å². The number of halogens is 1. The highest BCUT2D eigenvalue weighted by atomic mass is 35.5. The number of aromatic nitrogens is 2. The molecule has 6 heteroatoms. The monoisotopic (exact) mass is 428 g/mol. The Kier molecular flexibility index (Phi) is 4.75. The molecule has 0 bridgehead atoms. The summed E-state index contributed by atoms with van der Waals surface area (Å²) in [6, 6.07) is 22.9. The van der Waals surface area contributed by atoms with E-state index in [0.29, 0.717) is 16.5 Å². The number of imidazole rings is 1. The van der Waals surface area contributed by atoms with Crippen LogP contribution in [-0.2, 0) is 4.79 Å². The summed E-state index contributed by atoms with van der Waals surface area (Å²) in [5.41, 5.74) is 5.78. The lowest BCUT2D eigenvalue weighted by Crippen LogP contribution is -2.31. The second-order valence-corrected chi connectivity index (χ2v) is 8.06. The number of anilines is 2. The van der Waals surface area contributed by atoms with Gasteiger partial charge in [0.25, 0.3) is 5.91 Å². The molecular weight excluding hydrogens is 408 g/mol. The summed E-state index contributed by atoms with van der Waals surface area (Å²) < 4.78 is 2.05. The van der Waals surface area contributed by atoms with E-state index in [-0.39, 0.29) is 5.91 Å². The molecule has 1 amide bonds. The molecule has 31 heavy (non-hydrogen) atoms. The van der Waals surface area contributed by atoms with E-state index in [2.05, 4.69) is 15.2 Å². The maximum Gasteiger partial charge on any atom is 0.255 e. The van der Waals surface area contributed by atoms with Gasteiger partial charge in [-0.05, 0) is 49.2 Å². The van der Waals surface area contributed by atoms with Crippen molar-refractivity contribution in [3.05, 3.63) is 100 Å². The molecule has 0 aliphatic carbocycles. The summed E-state index contributed by atoms with van der Waals surface area (Å²) in [7, 11) is 0. The minimum atomic E-state index is -0.415. The van der Waals surface area contributed by atoms with Gasteiger partial charge in [0.1, 0.15) is 0 Å². The molecule has 0 saturated heterocycles. The second-order valence-electron chi connectivity index (χ2n) is 7.65. The van der Waals surface area contributed by atoms with Crippen LogP contribution in [0.2, 0.25) is 5.02 Å². The maximum absolute atomic E-state index is 13.6. The first-order valence-corrected chi connectivity index (χ1v) is 10.5. The quantitative estimate of drug-likeness (QED) is 0.425. The lowest BCUT2D eigenvalue weighted by Gasteiger charge is -2.31. The van der Waals surface area contributed by atoms with Gasteiger partial charge in [-0.1, -0.05) is 60.1 Å². The van der Waals surface area contributed by atoms with Gasteiger partial charge in [-0.25, -0.2) is 4.98 Å². The summed E-state index contributed by atoms with van der Waals surface area (Å²) in [5, 5.41) is 7.02. The first-order valence-electron chi connectivity index (χ1n) is 10.1. The van der Waals surface area contributed by atoms with Gasteiger partial charge < -0.3 is 10.6 Å². The van der Waals surface area contributed by atoms with Crippen LogP contribution in [0.4, 0.5) is 11.6 Å². The standard InChI is InChI=1S/C25H21ClN4O/c1-15-9-3-6-12-19(15)28-24(31)22-16(2)27-25-29-20-13-7-8-14-21(20)30(25)23(22)17-10-4-5-11-18(17)26/h3-14,23H,1-2H3,(H,27,29)(H,28,31)/t23-/m1/s1. The molecule has 0 saturated carbocycles. The number of hydrogen-bond donors (Lipinski definition) is 2. The third-order valence-electron chi connectivity index (χ3n) is 5.67. The fraction of sp³-hybridized carbons (Fsp3) is 0.120. The first kappa shape index (κ1) is 19.4. The van der Waals surface area contributed by atoms with Gasteiger partial charge in [0.15, 0.2) is 0 Å². The second kappa shape index (κ2) is 7.60. The van der Waals surface area contributed by atoms with E-state index in [1.807, 2.05) is 86.6 Å². The van der Waals surface area contributed by atoms with Crippen molar-refractivity contribution in [1.82, 2.24) is 9.55 Å². The molecule has 1 aliphatic rings. The predicted molar refractivity (Wildman–Crippen MR) is 125 cm³/mol. The van der Waals surface area contributed by atoms with Crippen LogP contribution in [0.5, 0.6) is 0 Å². The van der Waals surface area contributed by atoms with Crippen LogP contribution >= 0.6 is 11.6 Å². The molecule has 1 aromatic heterocycles. The number of allylic oxidation sites excluding steroid dienone is 1. The molecule has 3 aromatic carbocycles. The Bertz CT molecular complexity index is 1350. The Morgan fingerprint density at radius 2 is 1.71 bits per heavy atom. The Morgan fingerprint density at radius 1 is 1.00 bits per heavy atom. The summed E-state index contributed by atoms with van der Waals surface area (Å²) in [4.78, 5) is 18.4. The highest BCUT2D eigenvalue weighted by Crippen LogP contribution is 2.41. The zero-order valence-corrected chi connectivity index (χ0v) is 17.9. The zero-order chi connectivity index (χ0) is 21.5. The van der Waals surface area contributed by atoms with Crippen molar-refractivity contribution in [2.75, 3.05) is 10.6 Å². The van der Waals surface area contributed by atoms with E-state index in [4.69, 9.17) is 16.6 Å². The Balaban J connectivity index is 1.70. The van der Waals surface area contributed by atoms with Crippen LogP contribution in [0, 0.1) is 6.92 Å². The number of nitrogens with zero attached hydrogens (tertiary/aromatic N) is 2. The van der Waals surface area contributed by atoms with Gasteiger partial charge in [-0.3, -0.25) is 9.36 Å². The Morgan fingerprint density at radius 3 is 2.52 bits per heavy atom. The zero-order valence-electron chi connectivity index (χ0n) is 17.2. The molecule has 1 atom stereocenters. The van der Waals surface area contributed by atoms with Crippen LogP contribution in [0.3, 0.4) is 0 Å². The number of carbonyl (C=O) groups is 1. The molecule has 4 aromatic rings. The van der Waals surface area contributed by atoms with E-state index in [1.54, 1.807) is 0 Å². The molecule has 0 spiro atoms. The van der Waals surface area contributed by atoms with Crippen LogP contribution in [0.15, 0.2) is 84.1 Å². The summed E-state index contributed by atoms with van der Waals surface area (Å²) in [6.07, 6.45) is 0. The van der Waals surface area contributed by atoms with Crippen LogP contribution in [0.1, 0.15) is 24.1 Å². The predicted octanol–water partition coefficient (Wildman–Crippen LogP) is 5.93. The molecule has 0 fully saturated rings. The van der Waals surface area contributed by atoms with Crippen LogP contribution in [-0.4, -0.2) is 15.5 Å². The minimum Gasteiger partial charge on any atom is -0.329 e. The molecule has 0 radical (unpaired) electrons. The third kappa shape index (κ3) is 3.27. The maximum atomic E-state index is 13.6. The van der Waals surface area contributed by atoms with Gasteiger partial charge in [-0.15, -0.1) is 0 Å². The van der Waals surface area contributed by atoms with Crippen LogP contribution < -0.4 is 10.6 Å². The van der Waals surface area contributed by atoms with E-state index in [9.17, 15) is 4.79 Å². The van der Waals surface area contributed by atoms with Gasteiger partial charge in [0.05, 0.1) is 22.6 Å². The van der Waals surface area contributed by atoms with Crippen molar-refractivity contribution >= 4 is 40.2 Å². The molecule has 2 N–H and O–H groups in total. The lowest BCUT2D eigenvalue weighted by atomic mass is 9.94. The average Bonchev–Trinajstić information content (AvgIpc) is 3.12. The SMILES string of the molecule is CC1=C(C(=O)Nc2ccccc2C)[C@@H](c2ccccc2Cl)n2c(nc3ccccc32)N1. The van der Waals surface area contributed by atoms with Crippen molar-refractivity contribution in [3.8, 4) is 0 Å². The molecular formula is C25H21ClN4O. The summed E-state index contributed by atoms with van der Waals surface area (Å²) >= 11 is 6.64. The number of nitrogens with one attached hydrogen (secondary N) is 2. The topological polar surface area (TPSA) is 59.0 Å². The Labute approximate surface area is 185 Å². The highest BCUT2D eigenvalue weighted by molar-refractivity contribution is 6.31. The van der Waals surface area contributed by atoms with Crippen LogP contribution in [0.25, 0.3) is 11.0 Å². The summed E-state index contributed by atoms with van der Waals surface area (Å²) in [6.45, 7) is 3.88. The van der Waals surface area contributed by atoms with Gasteiger partial charge >= 0.3 is 0 Å². The molecule has 154 valence electrons. The van der Waals surface area contributed by atoms with E-state index in [0.717, 1.165) is 33.5 Å². The molecule has 1 aliphatic heterocycles. The molecule has 5 rings (SSSR count). The number of aryl methyl sites for hydroxylation is 1. The fourth-order valence-electron chi connectivity index (χ4n) is 4.15. The highest BCUT2D eigenvalue weighted by Gasteiger charge is 2.35. The largest absolute Gasteiger partial charge is 0.329 e. The normalized spacial score (nSPS) is 15.5. The average molecular weight is 429 g/mol. The molecule has 0 unspecified atom stereocenters. The number of para-hydroxylation sites is 3. The number of fused-ring (bicyclic) bond motifs is 3. The number of rotatable bonds is 3. The number of hydrogen-bond acceptors (Lipinski definition) is 3.